The second-order valence-electron chi connectivity index (χ2n) is 5.37. The number of nitrogens with one attached hydrogen (secondary N) is 2. The van der Waals surface area contributed by atoms with E-state index in [-0.39, 0.29) is 29.1 Å². The smallest absolute Gasteiger partial charge is 0.337 e. The van der Waals surface area contributed by atoms with Crippen molar-refractivity contribution in [3.05, 3.63) is 29.6 Å². The lowest BCUT2D eigenvalue weighted by Gasteiger charge is -2.20. The van der Waals surface area contributed by atoms with E-state index >= 15 is 0 Å². The number of rotatable bonds is 3. The predicted octanol–water partition coefficient (Wildman–Crippen LogP) is 1.60. The van der Waals surface area contributed by atoms with E-state index < -0.39 is 11.8 Å². The first-order chi connectivity index (χ1) is 9.54. The molecule has 1 aromatic carbocycles. The predicted molar refractivity (Wildman–Crippen MR) is 70.0 cm³/mol. The molecule has 0 aliphatic carbocycles. The number of anilines is 1. The fraction of sp³-hybridized carbons (Fsp3) is 0.429. The molecule has 20 heavy (non-hydrogen) atoms. The van der Waals surface area contributed by atoms with Gasteiger partial charge in [0.1, 0.15) is 5.82 Å². The van der Waals surface area contributed by atoms with Gasteiger partial charge in [0.2, 0.25) is 5.91 Å². The highest BCUT2D eigenvalue weighted by molar-refractivity contribution is 6.01. The molecule has 2 heterocycles. The Morgan fingerprint density at radius 3 is 2.75 bits per heavy atom. The maximum absolute atomic E-state index is 13.1. The van der Waals surface area contributed by atoms with Crippen molar-refractivity contribution in [2.45, 2.75) is 31.3 Å². The van der Waals surface area contributed by atoms with Gasteiger partial charge < -0.3 is 15.7 Å². The summed E-state index contributed by atoms with van der Waals surface area (Å²) in [6.45, 7) is 0. The molecule has 3 N–H and O–H groups in total. The Labute approximate surface area is 115 Å². The molecule has 1 amide bonds. The summed E-state index contributed by atoms with van der Waals surface area (Å²) in [5.74, 6) is -2.23. The van der Waals surface area contributed by atoms with E-state index in [2.05, 4.69) is 10.6 Å². The van der Waals surface area contributed by atoms with Crippen molar-refractivity contribution >= 4 is 17.6 Å². The molecule has 106 valence electrons. The minimum absolute atomic E-state index is 0.138. The van der Waals surface area contributed by atoms with Crippen LogP contribution in [0.2, 0.25) is 0 Å². The number of hydrogen-bond donors (Lipinski definition) is 3. The van der Waals surface area contributed by atoms with E-state index in [1.807, 2.05) is 0 Å². The second kappa shape index (κ2) is 4.86. The number of amides is 1. The average Bonchev–Trinajstić information content (AvgIpc) is 3.03. The van der Waals surface area contributed by atoms with Gasteiger partial charge >= 0.3 is 5.97 Å². The highest BCUT2D eigenvalue weighted by Gasteiger charge is 2.42. The third-order valence-corrected chi connectivity index (χ3v) is 4.11. The number of halogens is 1. The van der Waals surface area contributed by atoms with Crippen LogP contribution in [0, 0.1) is 11.7 Å². The minimum atomic E-state index is -1.26. The Kier molecular flexibility index (Phi) is 3.17. The number of carbonyl (C=O) groups is 2. The lowest BCUT2D eigenvalue weighted by Crippen LogP contribution is -2.33. The summed E-state index contributed by atoms with van der Waals surface area (Å²) >= 11 is 0. The van der Waals surface area contributed by atoms with Crippen molar-refractivity contribution in [2.75, 3.05) is 5.32 Å². The monoisotopic (exact) mass is 278 g/mol. The van der Waals surface area contributed by atoms with Crippen LogP contribution in [0.5, 0.6) is 0 Å². The number of aromatic carboxylic acids is 1. The Morgan fingerprint density at radius 2 is 2.15 bits per heavy atom. The van der Waals surface area contributed by atoms with Gasteiger partial charge in [0.15, 0.2) is 0 Å². The van der Waals surface area contributed by atoms with Crippen LogP contribution >= 0.6 is 0 Å². The van der Waals surface area contributed by atoms with Gasteiger partial charge in [-0.25, -0.2) is 9.18 Å². The average molecular weight is 278 g/mol. The summed E-state index contributed by atoms with van der Waals surface area (Å²) in [4.78, 5) is 23.3. The zero-order valence-electron chi connectivity index (χ0n) is 10.7. The number of fused-ring (bicyclic) bond motifs is 2. The summed E-state index contributed by atoms with van der Waals surface area (Å²) in [7, 11) is 0. The van der Waals surface area contributed by atoms with Crippen LogP contribution in [0.25, 0.3) is 0 Å². The quantitative estimate of drug-likeness (QED) is 0.784. The van der Waals surface area contributed by atoms with Crippen LogP contribution in [-0.4, -0.2) is 29.1 Å². The van der Waals surface area contributed by atoms with E-state index in [1.54, 1.807) is 0 Å². The van der Waals surface area contributed by atoms with Crippen molar-refractivity contribution < 1.29 is 19.1 Å². The van der Waals surface area contributed by atoms with Gasteiger partial charge in [-0.15, -0.1) is 0 Å². The van der Waals surface area contributed by atoms with Crippen LogP contribution in [0.4, 0.5) is 10.1 Å². The molecule has 0 aromatic heterocycles. The molecule has 2 fully saturated rings. The van der Waals surface area contributed by atoms with Gasteiger partial charge in [-0.05, 0) is 37.5 Å². The summed E-state index contributed by atoms with van der Waals surface area (Å²) in [6, 6.07) is 3.91. The zero-order valence-corrected chi connectivity index (χ0v) is 10.7. The molecule has 2 bridgehead atoms. The van der Waals surface area contributed by atoms with Gasteiger partial charge in [0, 0.05) is 12.1 Å². The van der Waals surface area contributed by atoms with Gasteiger partial charge in [0.25, 0.3) is 0 Å². The van der Waals surface area contributed by atoms with Gasteiger partial charge in [-0.3, -0.25) is 4.79 Å². The third kappa shape index (κ3) is 2.27. The molecule has 1 aromatic rings. The van der Waals surface area contributed by atoms with Crippen LogP contribution in [0.1, 0.15) is 29.6 Å². The van der Waals surface area contributed by atoms with Gasteiger partial charge in [-0.2, -0.15) is 0 Å². The van der Waals surface area contributed by atoms with E-state index in [4.69, 9.17) is 5.11 Å². The van der Waals surface area contributed by atoms with Crippen molar-refractivity contribution in [2.24, 2.45) is 5.92 Å². The molecule has 3 unspecified atom stereocenters. The normalized spacial score (nSPS) is 27.6. The van der Waals surface area contributed by atoms with Crippen LogP contribution in [0.15, 0.2) is 18.2 Å². The molecule has 2 aliphatic rings. The van der Waals surface area contributed by atoms with Gasteiger partial charge in [-0.1, -0.05) is 0 Å². The molecule has 2 aliphatic heterocycles. The summed E-state index contributed by atoms with van der Waals surface area (Å²) in [5, 5.41) is 15.0. The molecule has 3 atom stereocenters. The molecule has 0 radical (unpaired) electrons. The number of carboxylic acids is 1. The molecular weight excluding hydrogens is 263 g/mol. The highest BCUT2D eigenvalue weighted by atomic mass is 19.1. The maximum atomic E-state index is 13.1. The standard InChI is InChI=1S/C14H15FN2O3/c15-7-1-3-12(10(5-7)14(19)20)17-13(18)9-6-8-2-4-11(9)16-8/h1,3,5,8-9,11,16H,2,4,6H2,(H,17,18)(H,19,20). The van der Waals surface area contributed by atoms with E-state index in [0.29, 0.717) is 6.04 Å². The second-order valence-corrected chi connectivity index (χ2v) is 5.37. The Morgan fingerprint density at radius 1 is 1.35 bits per heavy atom. The largest absolute Gasteiger partial charge is 0.478 e. The molecule has 5 nitrogen and oxygen atoms in total. The lowest BCUT2D eigenvalue weighted by atomic mass is 9.88. The first-order valence-electron chi connectivity index (χ1n) is 6.64. The minimum Gasteiger partial charge on any atom is -0.478 e. The van der Waals surface area contributed by atoms with Crippen molar-refractivity contribution in [3.63, 3.8) is 0 Å². The maximum Gasteiger partial charge on any atom is 0.337 e. The Hall–Kier alpha value is -1.95. The van der Waals surface area contributed by atoms with E-state index in [1.165, 1.54) is 6.07 Å². The molecular formula is C14H15FN2O3. The first-order valence-corrected chi connectivity index (χ1v) is 6.64. The lowest BCUT2D eigenvalue weighted by molar-refractivity contribution is -0.120. The number of hydrogen-bond acceptors (Lipinski definition) is 3. The Balaban J connectivity index is 1.78. The summed E-state index contributed by atoms with van der Waals surface area (Å²) < 4.78 is 13.1. The summed E-state index contributed by atoms with van der Waals surface area (Å²) in [6.07, 6.45) is 2.84. The van der Waals surface area contributed by atoms with E-state index in [0.717, 1.165) is 31.4 Å². The molecule has 0 saturated carbocycles. The first kappa shape index (κ1) is 13.1. The molecule has 6 heteroatoms. The van der Waals surface area contributed by atoms with Crippen LogP contribution in [-0.2, 0) is 4.79 Å². The highest BCUT2D eigenvalue weighted by Crippen LogP contribution is 2.34. The fourth-order valence-electron chi connectivity index (χ4n) is 3.14. The fourth-order valence-corrected chi connectivity index (χ4v) is 3.14. The van der Waals surface area contributed by atoms with Gasteiger partial charge in [0.05, 0.1) is 17.2 Å². The molecule has 0 spiro atoms. The van der Waals surface area contributed by atoms with E-state index in [9.17, 15) is 14.0 Å². The van der Waals surface area contributed by atoms with Crippen molar-refractivity contribution in [3.8, 4) is 0 Å². The summed E-state index contributed by atoms with van der Waals surface area (Å²) in [5.41, 5.74) is -0.0823. The van der Waals surface area contributed by atoms with Crippen molar-refractivity contribution in [1.29, 1.82) is 0 Å². The molecule has 2 saturated heterocycles. The number of carbonyl (C=O) groups excluding carboxylic acids is 1. The Bertz CT molecular complexity index is 576. The van der Waals surface area contributed by atoms with Crippen molar-refractivity contribution in [1.82, 2.24) is 5.32 Å². The third-order valence-electron chi connectivity index (χ3n) is 4.11. The SMILES string of the molecule is O=C(O)c1cc(F)ccc1NC(=O)C1CC2CCC1N2. The number of benzene rings is 1. The topological polar surface area (TPSA) is 78.4 Å². The molecule has 3 rings (SSSR count). The van der Waals surface area contributed by atoms with Crippen LogP contribution in [0.3, 0.4) is 0 Å². The zero-order chi connectivity index (χ0) is 14.3. The number of carboxylic acid groups (broad SMARTS) is 1. The van der Waals surface area contributed by atoms with Crippen LogP contribution < -0.4 is 10.6 Å².